The van der Waals surface area contributed by atoms with E-state index in [9.17, 15) is 0 Å². The second kappa shape index (κ2) is 7.69. The molecular weight excluding hydrogens is 296 g/mol. The first-order valence-corrected chi connectivity index (χ1v) is 8.16. The molecule has 0 aliphatic rings. The molecule has 24 heavy (non-hydrogen) atoms. The molecule has 0 atom stereocenters. The molecule has 0 bridgehead atoms. The molecule has 0 unspecified atom stereocenters. The summed E-state index contributed by atoms with van der Waals surface area (Å²) in [5, 5.41) is 0. The van der Waals surface area contributed by atoms with Crippen molar-refractivity contribution in [1.82, 2.24) is 0 Å². The molecule has 0 N–H and O–H groups in total. The van der Waals surface area contributed by atoms with E-state index in [1.165, 1.54) is 11.1 Å². The summed E-state index contributed by atoms with van der Waals surface area (Å²) in [7, 11) is 0. The summed E-state index contributed by atoms with van der Waals surface area (Å²) < 4.78 is 11.7. The Morgan fingerprint density at radius 2 is 1.04 bits per heavy atom. The Balaban J connectivity index is 1.59. The van der Waals surface area contributed by atoms with Crippen LogP contribution < -0.4 is 9.47 Å². The molecule has 0 fully saturated rings. The SMILES string of the molecule is Cc1cccc(OCc2cccc(COc3cccc(C)c3)c2)c1. The van der Waals surface area contributed by atoms with Crippen LogP contribution in [-0.2, 0) is 13.2 Å². The lowest BCUT2D eigenvalue weighted by atomic mass is 10.1. The Labute approximate surface area is 143 Å². The third kappa shape index (κ3) is 4.63. The molecule has 0 saturated heterocycles. The van der Waals surface area contributed by atoms with Gasteiger partial charge in [0.15, 0.2) is 0 Å². The van der Waals surface area contributed by atoms with E-state index >= 15 is 0 Å². The van der Waals surface area contributed by atoms with Gasteiger partial charge >= 0.3 is 0 Å². The van der Waals surface area contributed by atoms with Crippen molar-refractivity contribution in [1.29, 1.82) is 0 Å². The summed E-state index contributed by atoms with van der Waals surface area (Å²) in [6.07, 6.45) is 0. The summed E-state index contributed by atoms with van der Waals surface area (Å²) in [6.45, 7) is 5.25. The zero-order valence-corrected chi connectivity index (χ0v) is 14.2. The fourth-order valence-corrected chi connectivity index (χ4v) is 2.55. The zero-order valence-electron chi connectivity index (χ0n) is 14.2. The van der Waals surface area contributed by atoms with Gasteiger partial charge in [-0.05, 0) is 66.4 Å². The van der Waals surface area contributed by atoms with Gasteiger partial charge in [-0.1, -0.05) is 42.5 Å². The van der Waals surface area contributed by atoms with Crippen molar-refractivity contribution in [2.45, 2.75) is 27.1 Å². The number of hydrogen-bond donors (Lipinski definition) is 0. The average Bonchev–Trinajstić information content (AvgIpc) is 2.59. The zero-order chi connectivity index (χ0) is 16.8. The molecule has 3 aromatic carbocycles. The number of hydrogen-bond acceptors (Lipinski definition) is 2. The molecule has 0 aromatic heterocycles. The summed E-state index contributed by atoms with van der Waals surface area (Å²) >= 11 is 0. The van der Waals surface area contributed by atoms with Gasteiger partial charge in [0, 0.05) is 0 Å². The second-order valence-electron chi connectivity index (χ2n) is 6.03. The molecule has 0 aliphatic heterocycles. The maximum Gasteiger partial charge on any atom is 0.120 e. The predicted octanol–water partition coefficient (Wildman–Crippen LogP) is 5.46. The van der Waals surface area contributed by atoms with Gasteiger partial charge < -0.3 is 9.47 Å². The third-order valence-corrected chi connectivity index (χ3v) is 3.78. The minimum Gasteiger partial charge on any atom is -0.489 e. The summed E-state index contributed by atoms with van der Waals surface area (Å²) in [5.74, 6) is 1.80. The molecule has 2 nitrogen and oxygen atoms in total. The third-order valence-electron chi connectivity index (χ3n) is 3.78. The highest BCUT2D eigenvalue weighted by Crippen LogP contribution is 2.17. The topological polar surface area (TPSA) is 18.5 Å². The van der Waals surface area contributed by atoms with Crippen molar-refractivity contribution in [3.8, 4) is 11.5 Å². The van der Waals surface area contributed by atoms with Gasteiger partial charge in [-0.15, -0.1) is 0 Å². The molecule has 0 aliphatic carbocycles. The van der Waals surface area contributed by atoms with Crippen LogP contribution >= 0.6 is 0 Å². The van der Waals surface area contributed by atoms with Crippen LogP contribution in [0.4, 0.5) is 0 Å². The fraction of sp³-hybridized carbons (Fsp3) is 0.182. The molecule has 0 amide bonds. The second-order valence-corrected chi connectivity index (χ2v) is 6.03. The highest BCUT2D eigenvalue weighted by atomic mass is 16.5. The van der Waals surface area contributed by atoms with Crippen LogP contribution in [0.1, 0.15) is 22.3 Å². The van der Waals surface area contributed by atoms with Gasteiger partial charge in [0.05, 0.1) is 0 Å². The lowest BCUT2D eigenvalue weighted by Crippen LogP contribution is -1.99. The molecule has 3 aromatic rings. The number of aryl methyl sites for hydroxylation is 2. The van der Waals surface area contributed by atoms with Crippen LogP contribution in [0, 0.1) is 13.8 Å². The van der Waals surface area contributed by atoms with E-state index in [4.69, 9.17) is 9.47 Å². The number of benzene rings is 3. The highest BCUT2D eigenvalue weighted by molar-refractivity contribution is 5.30. The Bertz CT molecular complexity index is 744. The van der Waals surface area contributed by atoms with Crippen LogP contribution in [0.25, 0.3) is 0 Å². The van der Waals surface area contributed by atoms with Crippen LogP contribution in [0.15, 0.2) is 72.8 Å². The fourth-order valence-electron chi connectivity index (χ4n) is 2.55. The van der Waals surface area contributed by atoms with Crippen LogP contribution in [-0.4, -0.2) is 0 Å². The highest BCUT2D eigenvalue weighted by Gasteiger charge is 2.00. The minimum absolute atomic E-state index is 0.557. The van der Waals surface area contributed by atoms with Crippen molar-refractivity contribution in [3.63, 3.8) is 0 Å². The first-order chi connectivity index (χ1) is 11.7. The number of ether oxygens (including phenoxy) is 2. The largest absolute Gasteiger partial charge is 0.489 e. The van der Waals surface area contributed by atoms with Gasteiger partial charge in [0.2, 0.25) is 0 Å². The smallest absolute Gasteiger partial charge is 0.120 e. The van der Waals surface area contributed by atoms with E-state index in [2.05, 4.69) is 44.2 Å². The Morgan fingerprint density at radius 1 is 0.583 bits per heavy atom. The molecule has 2 heteroatoms. The van der Waals surface area contributed by atoms with Gasteiger partial charge in [-0.25, -0.2) is 0 Å². The van der Waals surface area contributed by atoms with Gasteiger partial charge in [-0.3, -0.25) is 0 Å². The molecule has 0 spiro atoms. The Kier molecular flexibility index (Phi) is 5.17. The van der Waals surface area contributed by atoms with Crippen molar-refractivity contribution in [3.05, 3.63) is 95.1 Å². The maximum atomic E-state index is 5.87. The molecular formula is C22H22O2. The molecule has 3 rings (SSSR count). The number of rotatable bonds is 6. The van der Waals surface area contributed by atoms with Crippen LogP contribution in [0.3, 0.4) is 0 Å². The van der Waals surface area contributed by atoms with E-state index < -0.39 is 0 Å². The molecule has 0 saturated carbocycles. The maximum absolute atomic E-state index is 5.87. The van der Waals surface area contributed by atoms with Gasteiger partial charge in [0.1, 0.15) is 24.7 Å². The molecule has 0 radical (unpaired) electrons. The first-order valence-electron chi connectivity index (χ1n) is 8.16. The van der Waals surface area contributed by atoms with Crippen molar-refractivity contribution < 1.29 is 9.47 Å². The predicted molar refractivity (Wildman–Crippen MR) is 97.5 cm³/mol. The van der Waals surface area contributed by atoms with E-state index in [1.54, 1.807) is 0 Å². The van der Waals surface area contributed by atoms with Gasteiger partial charge in [-0.2, -0.15) is 0 Å². The van der Waals surface area contributed by atoms with E-state index in [-0.39, 0.29) is 0 Å². The van der Waals surface area contributed by atoms with E-state index in [1.807, 2.05) is 42.5 Å². The average molecular weight is 318 g/mol. The standard InChI is InChI=1S/C22H22O2/c1-17-6-3-10-21(12-17)23-15-19-8-5-9-20(14-19)16-24-22-11-4-7-18(2)13-22/h3-14H,15-16H2,1-2H3. The Morgan fingerprint density at radius 3 is 1.50 bits per heavy atom. The lowest BCUT2D eigenvalue weighted by molar-refractivity contribution is 0.299. The van der Waals surface area contributed by atoms with E-state index in [0.29, 0.717) is 13.2 Å². The summed E-state index contributed by atoms with van der Waals surface area (Å²) in [6, 6.07) is 24.5. The summed E-state index contributed by atoms with van der Waals surface area (Å²) in [4.78, 5) is 0. The quantitative estimate of drug-likeness (QED) is 0.600. The van der Waals surface area contributed by atoms with E-state index in [0.717, 1.165) is 22.6 Å². The molecule has 0 heterocycles. The van der Waals surface area contributed by atoms with Crippen molar-refractivity contribution >= 4 is 0 Å². The van der Waals surface area contributed by atoms with Crippen molar-refractivity contribution in [2.24, 2.45) is 0 Å². The Hall–Kier alpha value is -2.74. The van der Waals surface area contributed by atoms with Crippen LogP contribution in [0.5, 0.6) is 11.5 Å². The minimum atomic E-state index is 0.557. The van der Waals surface area contributed by atoms with Crippen molar-refractivity contribution in [2.75, 3.05) is 0 Å². The normalized spacial score (nSPS) is 10.4. The monoisotopic (exact) mass is 318 g/mol. The first kappa shape index (κ1) is 16.1. The van der Waals surface area contributed by atoms with Crippen LogP contribution in [0.2, 0.25) is 0 Å². The summed E-state index contributed by atoms with van der Waals surface area (Å²) in [5.41, 5.74) is 4.68. The van der Waals surface area contributed by atoms with Gasteiger partial charge in [0.25, 0.3) is 0 Å². The lowest BCUT2D eigenvalue weighted by Gasteiger charge is -2.10. The molecule has 122 valence electrons.